The first-order valence-electron chi connectivity index (χ1n) is 5.99. The summed E-state index contributed by atoms with van der Waals surface area (Å²) in [6.07, 6.45) is 2.26. The number of hydrogen-bond donors (Lipinski definition) is 2. The van der Waals surface area contributed by atoms with Gasteiger partial charge < -0.3 is 14.9 Å². The summed E-state index contributed by atoms with van der Waals surface area (Å²) in [5.74, 6) is -0.896. The normalized spacial score (nSPS) is 34.4. The van der Waals surface area contributed by atoms with Crippen molar-refractivity contribution in [1.82, 2.24) is 0 Å². The number of carboxylic acids is 1. The molecule has 1 rings (SSSR count). The predicted molar refractivity (Wildman–Crippen MR) is 60.2 cm³/mol. The Kier molecular flexibility index (Phi) is 4.33. The Bertz CT molecular complexity index is 251. The van der Waals surface area contributed by atoms with E-state index in [0.29, 0.717) is 6.42 Å². The Morgan fingerprint density at radius 2 is 2.06 bits per heavy atom. The summed E-state index contributed by atoms with van der Waals surface area (Å²) < 4.78 is 5.66. The van der Waals surface area contributed by atoms with Crippen LogP contribution in [0.5, 0.6) is 0 Å². The van der Waals surface area contributed by atoms with Crippen molar-refractivity contribution in [1.29, 1.82) is 0 Å². The van der Waals surface area contributed by atoms with E-state index in [0.717, 1.165) is 19.3 Å². The zero-order valence-corrected chi connectivity index (χ0v) is 10.3. The van der Waals surface area contributed by atoms with Crippen molar-refractivity contribution in [3.63, 3.8) is 0 Å². The van der Waals surface area contributed by atoms with E-state index >= 15 is 0 Å². The molecule has 2 N–H and O–H groups in total. The molecule has 0 heterocycles. The van der Waals surface area contributed by atoms with Crippen LogP contribution in [0.1, 0.15) is 46.5 Å². The molecule has 0 aliphatic heterocycles. The molecule has 94 valence electrons. The fraction of sp³-hybridized carbons (Fsp3) is 0.917. The van der Waals surface area contributed by atoms with Crippen LogP contribution in [0.25, 0.3) is 0 Å². The summed E-state index contributed by atoms with van der Waals surface area (Å²) in [6, 6.07) is 0. The summed E-state index contributed by atoms with van der Waals surface area (Å²) in [5, 5.41) is 18.8. The van der Waals surface area contributed by atoms with E-state index in [2.05, 4.69) is 0 Å². The molecule has 4 heteroatoms. The minimum Gasteiger partial charge on any atom is -0.479 e. The highest BCUT2D eigenvalue weighted by atomic mass is 16.5. The van der Waals surface area contributed by atoms with Gasteiger partial charge in [-0.3, -0.25) is 0 Å². The number of carboxylic acid groups (broad SMARTS) is 1. The van der Waals surface area contributed by atoms with Gasteiger partial charge in [-0.15, -0.1) is 0 Å². The molecule has 0 saturated heterocycles. The van der Waals surface area contributed by atoms with E-state index in [1.54, 1.807) is 13.8 Å². The number of ether oxygens (including phenoxy) is 1. The summed E-state index contributed by atoms with van der Waals surface area (Å²) in [6.45, 7) is 5.26. The van der Waals surface area contributed by atoms with Crippen molar-refractivity contribution in [3.8, 4) is 0 Å². The lowest BCUT2D eigenvalue weighted by molar-refractivity contribution is -0.197. The number of hydrogen-bond acceptors (Lipinski definition) is 3. The van der Waals surface area contributed by atoms with E-state index in [4.69, 9.17) is 4.74 Å². The van der Waals surface area contributed by atoms with Gasteiger partial charge in [-0.25, -0.2) is 4.79 Å². The van der Waals surface area contributed by atoms with Crippen LogP contribution in [0.3, 0.4) is 0 Å². The largest absolute Gasteiger partial charge is 0.479 e. The quantitative estimate of drug-likeness (QED) is 0.773. The Hall–Kier alpha value is -0.610. The van der Waals surface area contributed by atoms with Gasteiger partial charge in [0.25, 0.3) is 0 Å². The molecule has 1 saturated carbocycles. The van der Waals surface area contributed by atoms with Gasteiger partial charge in [-0.05, 0) is 39.0 Å². The number of aliphatic carboxylic acids is 1. The average molecular weight is 230 g/mol. The van der Waals surface area contributed by atoms with Crippen LogP contribution >= 0.6 is 0 Å². The van der Waals surface area contributed by atoms with Gasteiger partial charge in [0, 0.05) is 0 Å². The van der Waals surface area contributed by atoms with Gasteiger partial charge >= 0.3 is 5.97 Å². The number of carbonyl (C=O) groups is 1. The third-order valence-electron chi connectivity index (χ3n) is 3.67. The maximum atomic E-state index is 11.4. The van der Waals surface area contributed by atoms with Crippen LogP contribution in [0, 0.1) is 5.92 Å². The van der Waals surface area contributed by atoms with Gasteiger partial charge in [-0.2, -0.15) is 0 Å². The first-order chi connectivity index (χ1) is 7.40. The second kappa shape index (κ2) is 5.15. The van der Waals surface area contributed by atoms with Gasteiger partial charge in [0.1, 0.15) is 0 Å². The van der Waals surface area contributed by atoms with Crippen molar-refractivity contribution >= 4 is 5.97 Å². The van der Waals surface area contributed by atoms with E-state index in [-0.39, 0.29) is 5.92 Å². The molecule has 1 aliphatic carbocycles. The molecule has 1 fully saturated rings. The minimum absolute atomic E-state index is 0.0000463. The lowest BCUT2D eigenvalue weighted by Crippen LogP contribution is -2.52. The fourth-order valence-electron chi connectivity index (χ4n) is 2.29. The molecule has 0 bridgehead atoms. The number of rotatable bonds is 4. The zero-order chi connectivity index (χ0) is 12.3. The third kappa shape index (κ3) is 2.55. The van der Waals surface area contributed by atoms with Gasteiger partial charge in [-0.1, -0.05) is 13.3 Å². The molecule has 16 heavy (non-hydrogen) atoms. The van der Waals surface area contributed by atoms with E-state index in [9.17, 15) is 15.0 Å². The molecule has 0 radical (unpaired) electrons. The van der Waals surface area contributed by atoms with Crippen molar-refractivity contribution < 1.29 is 19.7 Å². The Balaban J connectivity index is 2.83. The van der Waals surface area contributed by atoms with E-state index in [1.807, 2.05) is 6.92 Å². The van der Waals surface area contributed by atoms with Crippen molar-refractivity contribution in [2.45, 2.75) is 64.3 Å². The Morgan fingerprint density at radius 3 is 2.50 bits per heavy atom. The molecule has 4 nitrogen and oxygen atoms in total. The number of aliphatic hydroxyl groups excluding tert-OH is 1. The van der Waals surface area contributed by atoms with Crippen molar-refractivity contribution in [2.75, 3.05) is 0 Å². The average Bonchev–Trinajstić information content (AvgIpc) is 2.20. The summed E-state index contributed by atoms with van der Waals surface area (Å²) in [5.41, 5.74) is -1.10. The SMILES string of the molecule is CC(O)C(C)OC1(C(=O)O)CCCCC1C. The highest BCUT2D eigenvalue weighted by Gasteiger charge is 2.47. The molecule has 0 amide bonds. The molecular formula is C12H22O4. The van der Waals surface area contributed by atoms with Crippen LogP contribution in [0.4, 0.5) is 0 Å². The van der Waals surface area contributed by atoms with E-state index in [1.165, 1.54) is 0 Å². The van der Waals surface area contributed by atoms with Crippen LogP contribution in [0.15, 0.2) is 0 Å². The summed E-state index contributed by atoms with van der Waals surface area (Å²) in [7, 11) is 0. The molecular weight excluding hydrogens is 208 g/mol. The fourth-order valence-corrected chi connectivity index (χ4v) is 2.29. The lowest BCUT2D eigenvalue weighted by atomic mass is 9.76. The van der Waals surface area contributed by atoms with Gasteiger partial charge in [0.05, 0.1) is 12.2 Å². The maximum absolute atomic E-state index is 11.4. The summed E-state index contributed by atoms with van der Waals surface area (Å²) >= 11 is 0. The maximum Gasteiger partial charge on any atom is 0.336 e. The van der Waals surface area contributed by atoms with Gasteiger partial charge in [0.2, 0.25) is 0 Å². The molecule has 0 spiro atoms. The van der Waals surface area contributed by atoms with Crippen LogP contribution in [-0.2, 0) is 9.53 Å². The van der Waals surface area contributed by atoms with Gasteiger partial charge in [0.15, 0.2) is 5.60 Å². The molecule has 0 aromatic heterocycles. The van der Waals surface area contributed by atoms with Crippen molar-refractivity contribution in [2.24, 2.45) is 5.92 Å². The first-order valence-corrected chi connectivity index (χ1v) is 5.99. The third-order valence-corrected chi connectivity index (χ3v) is 3.67. The molecule has 1 aliphatic rings. The Morgan fingerprint density at radius 1 is 1.44 bits per heavy atom. The van der Waals surface area contributed by atoms with E-state index < -0.39 is 23.8 Å². The molecule has 4 unspecified atom stereocenters. The van der Waals surface area contributed by atoms with Crippen LogP contribution < -0.4 is 0 Å². The zero-order valence-electron chi connectivity index (χ0n) is 10.3. The standard InChI is InChI=1S/C12H22O4/c1-8-6-4-5-7-12(8,11(14)15)16-10(3)9(2)13/h8-10,13H,4-7H2,1-3H3,(H,14,15). The first kappa shape index (κ1) is 13.5. The second-order valence-electron chi connectivity index (χ2n) is 4.91. The molecule has 0 aromatic rings. The number of aliphatic hydroxyl groups is 1. The minimum atomic E-state index is -1.10. The topological polar surface area (TPSA) is 66.8 Å². The smallest absolute Gasteiger partial charge is 0.336 e. The highest BCUT2D eigenvalue weighted by Crippen LogP contribution is 2.38. The molecule has 4 atom stereocenters. The van der Waals surface area contributed by atoms with Crippen LogP contribution in [-0.4, -0.2) is 34.0 Å². The Labute approximate surface area is 96.6 Å². The molecule has 0 aromatic carbocycles. The second-order valence-corrected chi connectivity index (χ2v) is 4.91. The monoisotopic (exact) mass is 230 g/mol. The predicted octanol–water partition coefficient (Wildman–Crippen LogP) is 1.81. The highest BCUT2D eigenvalue weighted by molar-refractivity contribution is 5.78. The summed E-state index contributed by atoms with van der Waals surface area (Å²) in [4.78, 5) is 11.4. The van der Waals surface area contributed by atoms with Crippen molar-refractivity contribution in [3.05, 3.63) is 0 Å². The van der Waals surface area contributed by atoms with Crippen LogP contribution in [0.2, 0.25) is 0 Å². The lowest BCUT2D eigenvalue weighted by Gasteiger charge is -2.41.